The van der Waals surface area contributed by atoms with Crippen LogP contribution in [0.1, 0.15) is 7.12 Å². The number of hydrogen-bond acceptors (Lipinski definition) is 12. The zero-order valence-electron chi connectivity index (χ0n) is 18.5. The Labute approximate surface area is 229 Å². The van der Waals surface area contributed by atoms with E-state index in [-0.39, 0.29) is 47.4 Å². The van der Waals surface area contributed by atoms with E-state index in [1.54, 1.807) is 21.9 Å². The number of carboxylic acids is 1. The van der Waals surface area contributed by atoms with Gasteiger partial charge in [-0.1, -0.05) is 16.8 Å². The third kappa shape index (κ3) is 5.28. The number of rotatable bonds is 7. The van der Waals surface area contributed by atoms with Crippen LogP contribution in [0, 0.1) is 0 Å². The second kappa shape index (κ2) is 10.8. The van der Waals surface area contributed by atoms with Gasteiger partial charge in [-0.2, -0.15) is 4.41 Å². The van der Waals surface area contributed by atoms with Gasteiger partial charge in [0.1, 0.15) is 23.8 Å². The number of nitrogens with two attached hydrogens (primary N) is 1. The molecular weight excluding hydrogens is 523 g/mol. The van der Waals surface area contributed by atoms with E-state index in [0.717, 1.165) is 16.9 Å². The van der Waals surface area contributed by atoms with Crippen LogP contribution in [0.2, 0.25) is 0 Å². The predicted molar refractivity (Wildman–Crippen MR) is 123 cm³/mol. The molecule has 1 fully saturated rings. The summed E-state index contributed by atoms with van der Waals surface area (Å²) < 4.78 is 1.63. The fourth-order valence-corrected chi connectivity index (χ4v) is 6.34. The van der Waals surface area contributed by atoms with Crippen LogP contribution in [0.15, 0.2) is 32.6 Å². The molecular formula is C16H18ClN8NaO4S3. The summed E-state index contributed by atoms with van der Waals surface area (Å²) in [6, 6.07) is -0.875. The van der Waals surface area contributed by atoms with Crippen molar-refractivity contribution in [3.8, 4) is 0 Å². The van der Waals surface area contributed by atoms with E-state index in [9.17, 15) is 19.5 Å². The van der Waals surface area contributed by atoms with Crippen LogP contribution in [0.4, 0.5) is 5.13 Å². The minimum absolute atomic E-state index is 0. The molecule has 4 rings (SSSR count). The van der Waals surface area contributed by atoms with Crippen molar-refractivity contribution in [2.24, 2.45) is 10.4 Å². The van der Waals surface area contributed by atoms with Crippen molar-refractivity contribution in [3.05, 3.63) is 27.9 Å². The van der Waals surface area contributed by atoms with Crippen LogP contribution in [0.3, 0.4) is 0 Å². The van der Waals surface area contributed by atoms with Gasteiger partial charge < -0.3 is 17.6 Å². The number of thioether (sulfide) groups is 1. The summed E-state index contributed by atoms with van der Waals surface area (Å²) in [6.45, 7) is 0.480. The van der Waals surface area contributed by atoms with Gasteiger partial charge >= 0.3 is 35.5 Å². The first-order valence-corrected chi connectivity index (χ1v) is 12.4. The second-order valence-electron chi connectivity index (χ2n) is 6.82. The molecule has 1 aromatic rings. The average molecular weight is 541 g/mol. The SMILES string of the molecule is CN1CN(SCC2=C(C(=O)O)N3C(=O)C(NC(=O)/C(=C/Cl)c4csc(N)n4)[C@H]3SC2)N=N1.[H-].[Na+]. The van der Waals surface area contributed by atoms with E-state index >= 15 is 0 Å². The summed E-state index contributed by atoms with van der Waals surface area (Å²) in [4.78, 5) is 42.7. The molecule has 0 radical (unpaired) electrons. The van der Waals surface area contributed by atoms with Crippen LogP contribution in [-0.2, 0) is 14.4 Å². The molecule has 4 N–H and O–H groups in total. The number of carbonyl (C=O) groups excluding carboxylic acids is 2. The van der Waals surface area contributed by atoms with Gasteiger partial charge in [-0.05, 0) is 22.7 Å². The van der Waals surface area contributed by atoms with E-state index < -0.39 is 29.2 Å². The van der Waals surface area contributed by atoms with E-state index in [4.69, 9.17) is 17.3 Å². The van der Waals surface area contributed by atoms with Crippen LogP contribution in [0.5, 0.6) is 0 Å². The third-order valence-electron chi connectivity index (χ3n) is 4.69. The Morgan fingerprint density at radius 2 is 2.24 bits per heavy atom. The van der Waals surface area contributed by atoms with E-state index in [2.05, 4.69) is 20.7 Å². The number of nitrogen functional groups attached to an aromatic ring is 1. The summed E-state index contributed by atoms with van der Waals surface area (Å²) in [6.07, 6.45) is 0. The number of aromatic nitrogens is 1. The van der Waals surface area contributed by atoms with Gasteiger partial charge in [0.05, 0.1) is 11.3 Å². The van der Waals surface area contributed by atoms with Crippen molar-refractivity contribution >= 4 is 75.1 Å². The van der Waals surface area contributed by atoms with Gasteiger partial charge in [-0.25, -0.2) is 9.78 Å². The van der Waals surface area contributed by atoms with Crippen molar-refractivity contribution in [3.63, 3.8) is 0 Å². The molecule has 3 aliphatic heterocycles. The Hall–Kier alpha value is -1.49. The number of halogens is 1. The summed E-state index contributed by atoms with van der Waals surface area (Å²) in [5.74, 6) is -1.53. The first-order chi connectivity index (χ1) is 15.3. The second-order valence-corrected chi connectivity index (χ2v) is 10.00. The molecule has 33 heavy (non-hydrogen) atoms. The number of fused-ring (bicyclic) bond motifs is 1. The van der Waals surface area contributed by atoms with Gasteiger partial charge in [0.25, 0.3) is 11.8 Å². The van der Waals surface area contributed by atoms with E-state index in [1.807, 2.05) is 0 Å². The standard InChI is InChI=1S/C16H17ClN8O4S3.Na.H/c1-23-6-24(22-21-23)32-4-7-3-30-14-10(13(27)25(14)11(7)15(28)29)20-12(26)8(2-17)9-5-31-16(18)19-9;;/h2,5,10,14H,3-4,6H2,1H3,(H2,18,19)(H,20,26)(H,28,29);;/q;+1;-1/b8-2+;;/t10?,14-;;/m1../s1. The fraction of sp³-hybridized carbons (Fsp3) is 0.375. The van der Waals surface area contributed by atoms with E-state index in [1.165, 1.54) is 28.6 Å². The molecule has 12 nitrogen and oxygen atoms in total. The van der Waals surface area contributed by atoms with Gasteiger partial charge in [-0.15, -0.1) is 23.1 Å². The number of β-lactam (4-membered cyclic amide) rings is 1. The zero-order valence-corrected chi connectivity index (χ0v) is 22.7. The fourth-order valence-electron chi connectivity index (χ4n) is 3.21. The van der Waals surface area contributed by atoms with Crippen molar-refractivity contribution in [2.75, 3.05) is 31.0 Å². The molecule has 17 heteroatoms. The number of carbonyl (C=O) groups is 3. The molecule has 4 heterocycles. The Morgan fingerprint density at radius 3 is 2.82 bits per heavy atom. The maximum Gasteiger partial charge on any atom is 1.00 e. The molecule has 0 aliphatic carbocycles. The quantitative estimate of drug-likeness (QED) is 0.157. The third-order valence-corrected chi connectivity index (χ3v) is 7.89. The minimum atomic E-state index is -1.19. The van der Waals surface area contributed by atoms with Crippen LogP contribution >= 0.6 is 46.6 Å². The van der Waals surface area contributed by atoms with Gasteiger partial charge in [-0.3, -0.25) is 19.5 Å². The van der Waals surface area contributed by atoms with Crippen molar-refractivity contribution in [2.45, 2.75) is 11.4 Å². The first kappa shape index (κ1) is 26.1. The maximum absolute atomic E-state index is 12.8. The molecule has 3 aliphatic rings. The Kier molecular flexibility index (Phi) is 8.58. The van der Waals surface area contributed by atoms with Crippen LogP contribution < -0.4 is 40.6 Å². The number of nitrogens with one attached hydrogen (secondary N) is 1. The summed E-state index contributed by atoms with van der Waals surface area (Å²) in [5, 5.41) is 23.2. The van der Waals surface area contributed by atoms with Gasteiger partial charge in [0, 0.05) is 29.5 Å². The maximum atomic E-state index is 12.8. The van der Waals surface area contributed by atoms with Gasteiger partial charge in [0.15, 0.2) is 5.13 Å². The molecule has 2 atom stereocenters. The summed E-state index contributed by atoms with van der Waals surface area (Å²) in [7, 11) is 1.77. The Balaban J connectivity index is 0.00000204. The topological polar surface area (TPSA) is 157 Å². The summed E-state index contributed by atoms with van der Waals surface area (Å²) in [5.41, 5.74) is 7.60. The Morgan fingerprint density at radius 1 is 1.48 bits per heavy atom. The van der Waals surface area contributed by atoms with E-state index in [0.29, 0.717) is 29.4 Å². The molecule has 1 aromatic heterocycles. The number of thiazole rings is 1. The van der Waals surface area contributed by atoms with Crippen LogP contribution in [-0.4, -0.2) is 78.8 Å². The number of anilines is 1. The molecule has 0 aromatic carbocycles. The first-order valence-electron chi connectivity index (χ1n) is 9.06. The monoisotopic (exact) mass is 540 g/mol. The average Bonchev–Trinajstić information content (AvgIpc) is 3.38. The number of aliphatic carboxylic acids is 1. The van der Waals surface area contributed by atoms with Crippen molar-refractivity contribution in [1.29, 1.82) is 0 Å². The molecule has 172 valence electrons. The zero-order chi connectivity index (χ0) is 23.0. The van der Waals surface area contributed by atoms with Gasteiger partial charge in [0.2, 0.25) is 0 Å². The number of carboxylic acid groups (broad SMARTS) is 1. The molecule has 2 amide bonds. The predicted octanol–water partition coefficient (Wildman–Crippen LogP) is -1.70. The van der Waals surface area contributed by atoms with Crippen molar-refractivity contribution in [1.82, 2.24) is 24.6 Å². The van der Waals surface area contributed by atoms with Crippen LogP contribution in [0.25, 0.3) is 5.57 Å². The number of hydrogen-bond donors (Lipinski definition) is 3. The largest absolute Gasteiger partial charge is 1.00 e. The van der Waals surface area contributed by atoms with Crippen molar-refractivity contribution < 1.29 is 50.5 Å². The molecule has 1 saturated heterocycles. The number of nitrogens with zero attached hydrogens (tertiary/aromatic N) is 6. The molecule has 1 unspecified atom stereocenters. The normalized spacial score (nSPS) is 22.2. The summed E-state index contributed by atoms with van der Waals surface area (Å²) >= 11 is 9.65. The smallest absolute Gasteiger partial charge is 1.00 e. The Bertz CT molecular complexity index is 1070. The minimum Gasteiger partial charge on any atom is -1.00 e. The number of amides is 2. The molecule has 0 spiro atoms. The molecule has 0 saturated carbocycles. The molecule has 0 bridgehead atoms.